The zero-order valence-corrected chi connectivity index (χ0v) is 8.91. The third-order valence-electron chi connectivity index (χ3n) is 1.91. The average Bonchev–Trinajstić information content (AvgIpc) is 2.29. The Bertz CT molecular complexity index is 328. The molecule has 1 aromatic rings. The Morgan fingerprint density at radius 2 is 2.20 bits per heavy atom. The molecule has 0 aliphatic heterocycles. The van der Waals surface area contributed by atoms with E-state index < -0.39 is 0 Å². The van der Waals surface area contributed by atoms with Gasteiger partial charge < -0.3 is 15.4 Å². The van der Waals surface area contributed by atoms with Gasteiger partial charge in [0.2, 0.25) is 0 Å². The van der Waals surface area contributed by atoms with Gasteiger partial charge in [0, 0.05) is 13.6 Å². The van der Waals surface area contributed by atoms with Crippen LogP contribution in [0.3, 0.4) is 0 Å². The highest BCUT2D eigenvalue weighted by Gasteiger charge is 1.99. The third kappa shape index (κ3) is 3.84. The van der Waals surface area contributed by atoms with Crippen LogP contribution in [-0.2, 0) is 9.53 Å². The van der Waals surface area contributed by atoms with Gasteiger partial charge in [-0.05, 0) is 6.07 Å². The van der Waals surface area contributed by atoms with E-state index in [9.17, 15) is 4.79 Å². The van der Waals surface area contributed by atoms with Crippen LogP contribution in [0.2, 0.25) is 0 Å². The lowest BCUT2D eigenvalue weighted by atomic mass is 10.3. The second kappa shape index (κ2) is 5.85. The molecule has 1 rings (SSSR count). The number of carbonyl (C=O) groups is 1. The van der Waals surface area contributed by atoms with Gasteiger partial charge in [0.25, 0.3) is 0 Å². The minimum Gasteiger partial charge on any atom is -0.469 e. The van der Waals surface area contributed by atoms with E-state index in [1.54, 1.807) is 12.4 Å². The van der Waals surface area contributed by atoms with Gasteiger partial charge in [-0.25, -0.2) is 0 Å². The van der Waals surface area contributed by atoms with Crippen molar-refractivity contribution in [3.63, 3.8) is 0 Å². The molecule has 0 saturated carbocycles. The van der Waals surface area contributed by atoms with Gasteiger partial charge in [0.1, 0.15) is 0 Å². The molecular formula is C10H15N3O2. The summed E-state index contributed by atoms with van der Waals surface area (Å²) in [5.41, 5.74) is 1.81. The van der Waals surface area contributed by atoms with Gasteiger partial charge in [-0.15, -0.1) is 0 Å². The van der Waals surface area contributed by atoms with Crippen LogP contribution in [0, 0.1) is 0 Å². The number of nitrogens with one attached hydrogen (secondary N) is 2. The number of anilines is 2. The van der Waals surface area contributed by atoms with Crippen LogP contribution in [0.1, 0.15) is 6.42 Å². The number of carbonyl (C=O) groups excluding carboxylic acids is 1. The van der Waals surface area contributed by atoms with Crippen LogP contribution in [0.4, 0.5) is 11.4 Å². The van der Waals surface area contributed by atoms with E-state index >= 15 is 0 Å². The molecule has 0 aliphatic carbocycles. The minimum atomic E-state index is -0.222. The van der Waals surface area contributed by atoms with Crippen molar-refractivity contribution in [2.24, 2.45) is 0 Å². The zero-order valence-electron chi connectivity index (χ0n) is 8.91. The van der Waals surface area contributed by atoms with Crippen molar-refractivity contribution in [3.05, 3.63) is 18.5 Å². The zero-order chi connectivity index (χ0) is 11.1. The van der Waals surface area contributed by atoms with E-state index in [1.807, 2.05) is 13.1 Å². The Balaban J connectivity index is 2.40. The Labute approximate surface area is 88.9 Å². The fraction of sp³-hybridized carbons (Fsp3) is 0.400. The molecule has 0 aliphatic rings. The number of hydrogen-bond acceptors (Lipinski definition) is 5. The van der Waals surface area contributed by atoms with Crippen LogP contribution in [-0.4, -0.2) is 31.7 Å². The molecule has 5 heteroatoms. The first kappa shape index (κ1) is 11.3. The number of nitrogens with zero attached hydrogens (tertiary/aromatic N) is 1. The second-order valence-corrected chi connectivity index (χ2v) is 2.97. The molecule has 2 N–H and O–H groups in total. The van der Waals surface area contributed by atoms with Crippen LogP contribution in [0.15, 0.2) is 18.5 Å². The molecule has 0 amide bonds. The number of aromatic nitrogens is 1. The lowest BCUT2D eigenvalue weighted by Gasteiger charge is -2.06. The largest absolute Gasteiger partial charge is 0.469 e. The van der Waals surface area contributed by atoms with Gasteiger partial charge >= 0.3 is 5.97 Å². The highest BCUT2D eigenvalue weighted by Crippen LogP contribution is 2.11. The van der Waals surface area contributed by atoms with Crippen molar-refractivity contribution >= 4 is 17.3 Å². The lowest BCUT2D eigenvalue weighted by molar-refractivity contribution is -0.140. The first-order chi connectivity index (χ1) is 7.26. The average molecular weight is 209 g/mol. The van der Waals surface area contributed by atoms with Gasteiger partial charge in [-0.1, -0.05) is 0 Å². The van der Waals surface area contributed by atoms with Crippen molar-refractivity contribution in [2.75, 3.05) is 31.3 Å². The van der Waals surface area contributed by atoms with Crippen molar-refractivity contribution < 1.29 is 9.53 Å². The van der Waals surface area contributed by atoms with Gasteiger partial charge in [-0.3, -0.25) is 9.78 Å². The first-order valence-electron chi connectivity index (χ1n) is 4.69. The van der Waals surface area contributed by atoms with Crippen molar-refractivity contribution in [2.45, 2.75) is 6.42 Å². The maximum absolute atomic E-state index is 10.8. The van der Waals surface area contributed by atoms with E-state index in [4.69, 9.17) is 0 Å². The summed E-state index contributed by atoms with van der Waals surface area (Å²) in [5.74, 6) is -0.222. The van der Waals surface area contributed by atoms with E-state index in [0.717, 1.165) is 11.4 Å². The Morgan fingerprint density at radius 1 is 1.47 bits per heavy atom. The van der Waals surface area contributed by atoms with Gasteiger partial charge in [0.15, 0.2) is 0 Å². The summed E-state index contributed by atoms with van der Waals surface area (Å²) in [4.78, 5) is 14.9. The summed E-state index contributed by atoms with van der Waals surface area (Å²) < 4.78 is 4.53. The molecular weight excluding hydrogens is 194 g/mol. The number of esters is 1. The molecule has 82 valence electrons. The van der Waals surface area contributed by atoms with E-state index in [2.05, 4.69) is 20.4 Å². The van der Waals surface area contributed by atoms with Gasteiger partial charge in [0.05, 0.1) is 37.3 Å². The molecule has 0 bridgehead atoms. The number of methoxy groups -OCH3 is 1. The number of rotatable bonds is 5. The molecule has 0 fully saturated rings. The second-order valence-electron chi connectivity index (χ2n) is 2.97. The lowest BCUT2D eigenvalue weighted by Crippen LogP contribution is -2.09. The van der Waals surface area contributed by atoms with E-state index in [-0.39, 0.29) is 5.97 Å². The summed E-state index contributed by atoms with van der Waals surface area (Å²) >= 11 is 0. The van der Waals surface area contributed by atoms with E-state index in [0.29, 0.717) is 13.0 Å². The Kier molecular flexibility index (Phi) is 4.40. The fourth-order valence-corrected chi connectivity index (χ4v) is 1.08. The van der Waals surface area contributed by atoms with Crippen LogP contribution in [0.25, 0.3) is 0 Å². The predicted octanol–water partition coefficient (Wildman–Crippen LogP) is 1.10. The molecule has 15 heavy (non-hydrogen) atoms. The first-order valence-corrected chi connectivity index (χ1v) is 4.69. The van der Waals surface area contributed by atoms with E-state index in [1.165, 1.54) is 7.11 Å². The number of hydrogen-bond donors (Lipinski definition) is 2. The molecule has 5 nitrogen and oxygen atoms in total. The highest BCUT2D eigenvalue weighted by molar-refractivity contribution is 5.69. The molecule has 0 aromatic carbocycles. The van der Waals surface area contributed by atoms with Crippen LogP contribution in [0.5, 0.6) is 0 Å². The normalized spacial score (nSPS) is 9.47. The maximum Gasteiger partial charge on any atom is 0.307 e. The number of ether oxygens (including phenoxy) is 1. The minimum absolute atomic E-state index is 0.222. The maximum atomic E-state index is 10.8. The molecule has 0 unspecified atom stereocenters. The number of pyridine rings is 1. The monoisotopic (exact) mass is 209 g/mol. The van der Waals surface area contributed by atoms with Crippen molar-refractivity contribution in [1.29, 1.82) is 0 Å². The summed E-state index contributed by atoms with van der Waals surface area (Å²) in [6, 6.07) is 1.92. The van der Waals surface area contributed by atoms with Crippen LogP contribution < -0.4 is 10.6 Å². The van der Waals surface area contributed by atoms with Crippen molar-refractivity contribution in [3.8, 4) is 0 Å². The van der Waals surface area contributed by atoms with Crippen LogP contribution >= 0.6 is 0 Å². The predicted molar refractivity (Wildman–Crippen MR) is 58.9 cm³/mol. The third-order valence-corrected chi connectivity index (χ3v) is 1.91. The summed E-state index contributed by atoms with van der Waals surface area (Å²) in [7, 11) is 3.21. The van der Waals surface area contributed by atoms with Gasteiger partial charge in [-0.2, -0.15) is 0 Å². The molecule has 1 heterocycles. The summed E-state index contributed by atoms with van der Waals surface area (Å²) in [5, 5.41) is 6.06. The molecule has 1 aromatic heterocycles. The van der Waals surface area contributed by atoms with Crippen molar-refractivity contribution in [1.82, 2.24) is 4.98 Å². The quantitative estimate of drug-likeness (QED) is 0.711. The SMILES string of the molecule is CNc1cncc(NCCC(=O)OC)c1. The Morgan fingerprint density at radius 3 is 2.87 bits per heavy atom. The smallest absolute Gasteiger partial charge is 0.307 e. The molecule has 0 radical (unpaired) electrons. The Hall–Kier alpha value is -1.78. The summed E-state index contributed by atoms with van der Waals surface area (Å²) in [6.45, 7) is 0.543. The molecule has 0 spiro atoms. The molecule has 0 saturated heterocycles. The topological polar surface area (TPSA) is 63.2 Å². The summed E-state index contributed by atoms with van der Waals surface area (Å²) in [6.07, 6.45) is 3.78. The fourth-order valence-electron chi connectivity index (χ4n) is 1.08. The molecule has 0 atom stereocenters. The highest BCUT2D eigenvalue weighted by atomic mass is 16.5. The standard InChI is InChI=1S/C10H15N3O2/c1-11-8-5-9(7-12-6-8)13-4-3-10(14)15-2/h5-7,11,13H,3-4H2,1-2H3.